The van der Waals surface area contributed by atoms with Gasteiger partial charge in [-0.25, -0.2) is 0 Å². The summed E-state index contributed by atoms with van der Waals surface area (Å²) in [5.41, 5.74) is 0.475. The number of piperidine rings is 1. The zero-order valence-corrected chi connectivity index (χ0v) is 10.5. The molecule has 1 atom stereocenters. The number of carbonyl (C=O) groups is 2. The molecule has 2 rings (SSSR count). The summed E-state index contributed by atoms with van der Waals surface area (Å²) in [5.74, 6) is -1.74. The van der Waals surface area contributed by atoms with E-state index in [0.29, 0.717) is 12.1 Å². The Hall–Kier alpha value is -2.18. The maximum absolute atomic E-state index is 12.0. The molecule has 108 valence electrons. The van der Waals surface area contributed by atoms with Crippen LogP contribution in [0.4, 0.5) is 14.5 Å². The minimum absolute atomic E-state index is 0.0111. The van der Waals surface area contributed by atoms with Crippen molar-refractivity contribution in [2.45, 2.75) is 19.5 Å². The molecule has 1 aliphatic rings. The van der Waals surface area contributed by atoms with Gasteiger partial charge in [0.15, 0.2) is 0 Å². The van der Waals surface area contributed by atoms with Crippen molar-refractivity contribution >= 4 is 17.6 Å². The lowest BCUT2D eigenvalue weighted by molar-refractivity contribution is -0.142. The molecule has 0 spiro atoms. The van der Waals surface area contributed by atoms with Crippen LogP contribution in [0.3, 0.4) is 0 Å². The van der Waals surface area contributed by atoms with Crippen molar-refractivity contribution in [3.63, 3.8) is 0 Å². The summed E-state index contributed by atoms with van der Waals surface area (Å²) in [6.07, 6.45) is 0.476. The van der Waals surface area contributed by atoms with E-state index in [1.54, 1.807) is 0 Å². The van der Waals surface area contributed by atoms with Crippen LogP contribution < -0.4 is 9.64 Å². The number of carboxylic acid groups (broad SMARTS) is 1. The fourth-order valence-corrected chi connectivity index (χ4v) is 2.10. The number of ether oxygens (including phenoxy) is 1. The van der Waals surface area contributed by atoms with Crippen molar-refractivity contribution in [3.8, 4) is 5.75 Å². The molecule has 0 radical (unpaired) electrons. The molecular formula is C13H13F2NO4. The minimum atomic E-state index is -2.91. The standard InChI is InChI=1S/C13H13F2NO4/c14-13(15)20-10-4-2-9(3-5-10)16-7-8(12(18)19)1-6-11(16)17/h2-5,8,13H,1,6-7H2,(H,18,19). The zero-order valence-electron chi connectivity index (χ0n) is 10.5. The van der Waals surface area contributed by atoms with Gasteiger partial charge < -0.3 is 14.7 Å². The van der Waals surface area contributed by atoms with Gasteiger partial charge in [-0.15, -0.1) is 0 Å². The third-order valence-corrected chi connectivity index (χ3v) is 3.13. The largest absolute Gasteiger partial charge is 0.481 e. The molecule has 0 bridgehead atoms. The molecule has 7 heteroatoms. The Balaban J connectivity index is 2.12. The van der Waals surface area contributed by atoms with E-state index in [4.69, 9.17) is 5.11 Å². The lowest BCUT2D eigenvalue weighted by Crippen LogP contribution is -2.42. The number of carbonyl (C=O) groups excluding carboxylic acids is 1. The van der Waals surface area contributed by atoms with Gasteiger partial charge in [-0.05, 0) is 30.7 Å². The van der Waals surface area contributed by atoms with Crippen LogP contribution in [-0.4, -0.2) is 30.1 Å². The fourth-order valence-electron chi connectivity index (χ4n) is 2.10. The molecule has 1 aromatic rings. The average Bonchev–Trinajstić information content (AvgIpc) is 2.39. The van der Waals surface area contributed by atoms with Crippen LogP contribution in [0.2, 0.25) is 0 Å². The van der Waals surface area contributed by atoms with Crippen LogP contribution in [0.25, 0.3) is 0 Å². The Morgan fingerprint density at radius 2 is 2.00 bits per heavy atom. The van der Waals surface area contributed by atoms with Gasteiger partial charge in [-0.1, -0.05) is 0 Å². The lowest BCUT2D eigenvalue weighted by atomic mass is 9.97. The van der Waals surface area contributed by atoms with Gasteiger partial charge in [0.1, 0.15) is 5.75 Å². The van der Waals surface area contributed by atoms with E-state index >= 15 is 0 Å². The van der Waals surface area contributed by atoms with E-state index in [0.717, 1.165) is 0 Å². The molecule has 1 N–H and O–H groups in total. The van der Waals surface area contributed by atoms with E-state index in [-0.39, 0.29) is 24.6 Å². The number of halogens is 2. The maximum atomic E-state index is 12.0. The summed E-state index contributed by atoms with van der Waals surface area (Å²) in [6, 6.07) is 5.55. The first-order valence-electron chi connectivity index (χ1n) is 6.05. The first-order valence-corrected chi connectivity index (χ1v) is 6.05. The summed E-state index contributed by atoms with van der Waals surface area (Å²) < 4.78 is 28.3. The van der Waals surface area contributed by atoms with Gasteiger partial charge in [-0.2, -0.15) is 8.78 Å². The van der Waals surface area contributed by atoms with Gasteiger partial charge in [-0.3, -0.25) is 9.59 Å². The van der Waals surface area contributed by atoms with Crippen molar-refractivity contribution in [2.24, 2.45) is 5.92 Å². The monoisotopic (exact) mass is 285 g/mol. The Labute approximate surface area is 113 Å². The van der Waals surface area contributed by atoms with Crippen LogP contribution in [0, 0.1) is 5.92 Å². The number of amides is 1. The first-order chi connectivity index (χ1) is 9.47. The molecule has 1 amide bonds. The number of benzene rings is 1. The summed E-state index contributed by atoms with van der Waals surface area (Å²) in [7, 11) is 0. The van der Waals surface area contributed by atoms with Crippen molar-refractivity contribution in [1.82, 2.24) is 0 Å². The normalized spacial score (nSPS) is 19.2. The number of hydrogen-bond acceptors (Lipinski definition) is 3. The Kier molecular flexibility index (Phi) is 4.16. The molecular weight excluding hydrogens is 272 g/mol. The van der Waals surface area contributed by atoms with Crippen molar-refractivity contribution in [3.05, 3.63) is 24.3 Å². The molecule has 1 aromatic carbocycles. The van der Waals surface area contributed by atoms with Crippen molar-refractivity contribution < 1.29 is 28.2 Å². The predicted molar refractivity (Wildman–Crippen MR) is 65.8 cm³/mol. The van der Waals surface area contributed by atoms with E-state index in [1.807, 2.05) is 0 Å². The highest BCUT2D eigenvalue weighted by molar-refractivity contribution is 5.95. The molecule has 5 nitrogen and oxygen atoms in total. The van der Waals surface area contributed by atoms with E-state index < -0.39 is 18.5 Å². The number of alkyl halides is 2. The molecule has 20 heavy (non-hydrogen) atoms. The highest BCUT2D eigenvalue weighted by Gasteiger charge is 2.30. The van der Waals surface area contributed by atoms with Crippen LogP contribution in [0.1, 0.15) is 12.8 Å². The highest BCUT2D eigenvalue weighted by atomic mass is 19.3. The quantitative estimate of drug-likeness (QED) is 0.920. The Morgan fingerprint density at radius 3 is 2.55 bits per heavy atom. The number of hydrogen-bond donors (Lipinski definition) is 1. The lowest BCUT2D eigenvalue weighted by Gasteiger charge is -2.30. The van der Waals surface area contributed by atoms with Crippen molar-refractivity contribution in [1.29, 1.82) is 0 Å². The fraction of sp³-hybridized carbons (Fsp3) is 0.385. The second-order valence-corrected chi connectivity index (χ2v) is 4.45. The molecule has 1 aliphatic heterocycles. The topological polar surface area (TPSA) is 66.8 Å². The van der Waals surface area contributed by atoms with Crippen LogP contribution in [-0.2, 0) is 9.59 Å². The summed E-state index contributed by atoms with van der Waals surface area (Å²) in [4.78, 5) is 24.1. The second-order valence-electron chi connectivity index (χ2n) is 4.45. The maximum Gasteiger partial charge on any atom is 0.387 e. The number of rotatable bonds is 4. The minimum Gasteiger partial charge on any atom is -0.481 e. The molecule has 1 unspecified atom stereocenters. The van der Waals surface area contributed by atoms with Gasteiger partial charge in [0.25, 0.3) is 0 Å². The molecule has 1 saturated heterocycles. The smallest absolute Gasteiger partial charge is 0.387 e. The highest BCUT2D eigenvalue weighted by Crippen LogP contribution is 2.26. The molecule has 1 heterocycles. The number of carboxylic acids is 1. The Morgan fingerprint density at radius 1 is 1.35 bits per heavy atom. The van der Waals surface area contributed by atoms with E-state index in [1.165, 1.54) is 29.2 Å². The van der Waals surface area contributed by atoms with Crippen molar-refractivity contribution in [2.75, 3.05) is 11.4 Å². The first kappa shape index (κ1) is 14.2. The summed E-state index contributed by atoms with van der Waals surface area (Å²) in [6.45, 7) is -2.82. The molecule has 1 fully saturated rings. The third kappa shape index (κ3) is 3.23. The Bertz CT molecular complexity index is 504. The van der Waals surface area contributed by atoms with E-state index in [9.17, 15) is 18.4 Å². The van der Waals surface area contributed by atoms with E-state index in [2.05, 4.69) is 4.74 Å². The molecule has 0 aromatic heterocycles. The molecule has 0 aliphatic carbocycles. The molecule has 0 saturated carbocycles. The van der Waals surface area contributed by atoms with Crippen LogP contribution in [0.5, 0.6) is 5.75 Å². The van der Waals surface area contributed by atoms with Crippen LogP contribution in [0.15, 0.2) is 24.3 Å². The zero-order chi connectivity index (χ0) is 14.7. The second kappa shape index (κ2) is 5.85. The predicted octanol–water partition coefficient (Wildman–Crippen LogP) is 2.12. The number of nitrogens with zero attached hydrogens (tertiary/aromatic N) is 1. The summed E-state index contributed by atoms with van der Waals surface area (Å²) >= 11 is 0. The number of aliphatic carboxylic acids is 1. The summed E-state index contributed by atoms with van der Waals surface area (Å²) in [5, 5.41) is 8.99. The van der Waals surface area contributed by atoms with Gasteiger partial charge >= 0.3 is 12.6 Å². The third-order valence-electron chi connectivity index (χ3n) is 3.13. The van der Waals surface area contributed by atoms with Gasteiger partial charge in [0.05, 0.1) is 5.92 Å². The average molecular weight is 285 g/mol. The van der Waals surface area contributed by atoms with Gasteiger partial charge in [0.2, 0.25) is 5.91 Å². The SMILES string of the molecule is O=C(O)C1CCC(=O)N(c2ccc(OC(F)F)cc2)C1. The van der Waals surface area contributed by atoms with Crippen LogP contribution >= 0.6 is 0 Å². The van der Waals surface area contributed by atoms with Gasteiger partial charge in [0, 0.05) is 18.7 Å². The number of anilines is 1.